The summed E-state index contributed by atoms with van der Waals surface area (Å²) in [6.45, 7) is 1.94. The molecule has 1 amide bonds. The number of nitrogens with one attached hydrogen (secondary N) is 1. The molecular formula is C19H17ClN2OS. The molecule has 5 heteroatoms. The Balaban J connectivity index is 1.64. The zero-order valence-electron chi connectivity index (χ0n) is 13.2. The molecule has 0 saturated carbocycles. The maximum absolute atomic E-state index is 12.3. The van der Waals surface area contributed by atoms with Gasteiger partial charge in [-0.25, -0.2) is 0 Å². The Morgan fingerprint density at radius 1 is 1.17 bits per heavy atom. The number of hydrogen-bond acceptors (Lipinski definition) is 3. The van der Waals surface area contributed by atoms with Crippen molar-refractivity contribution in [1.29, 1.82) is 0 Å². The molecule has 0 aliphatic rings. The van der Waals surface area contributed by atoms with Gasteiger partial charge in [0.1, 0.15) is 0 Å². The minimum Gasteiger partial charge on any atom is -0.349 e. The predicted octanol–water partition coefficient (Wildman–Crippen LogP) is 4.86. The van der Waals surface area contributed by atoms with Crippen LogP contribution in [0, 0.1) is 0 Å². The highest BCUT2D eigenvalue weighted by molar-refractivity contribution is 8.00. The predicted molar refractivity (Wildman–Crippen MR) is 100 cm³/mol. The van der Waals surface area contributed by atoms with Gasteiger partial charge in [-0.2, -0.15) is 0 Å². The third-order valence-corrected chi connectivity index (χ3v) is 5.13. The standard InChI is InChI=1S/C19H17ClN2OS/c1-13(14-6-2-4-8-16(14)20)22-19(23)12-24-18-10-11-21-17-9-5-3-7-15(17)18/h2-11,13H,12H2,1H3,(H,22,23). The van der Waals surface area contributed by atoms with Crippen molar-refractivity contribution in [3.8, 4) is 0 Å². The highest BCUT2D eigenvalue weighted by atomic mass is 35.5. The second-order valence-electron chi connectivity index (χ2n) is 5.43. The van der Waals surface area contributed by atoms with Crippen molar-refractivity contribution >= 4 is 40.2 Å². The highest BCUT2D eigenvalue weighted by Gasteiger charge is 2.13. The Morgan fingerprint density at radius 2 is 1.92 bits per heavy atom. The molecule has 1 unspecified atom stereocenters. The van der Waals surface area contributed by atoms with Gasteiger partial charge >= 0.3 is 0 Å². The Labute approximate surface area is 150 Å². The maximum Gasteiger partial charge on any atom is 0.230 e. The quantitative estimate of drug-likeness (QED) is 0.664. The van der Waals surface area contributed by atoms with Crippen molar-refractivity contribution in [3.63, 3.8) is 0 Å². The lowest BCUT2D eigenvalue weighted by Crippen LogP contribution is -2.28. The van der Waals surface area contributed by atoms with E-state index < -0.39 is 0 Å². The number of hydrogen-bond donors (Lipinski definition) is 1. The normalized spacial score (nSPS) is 12.1. The third kappa shape index (κ3) is 3.89. The molecule has 3 rings (SSSR count). The van der Waals surface area contributed by atoms with Crippen LogP contribution in [0.3, 0.4) is 0 Å². The lowest BCUT2D eigenvalue weighted by Gasteiger charge is -2.15. The van der Waals surface area contributed by atoms with E-state index in [1.165, 1.54) is 11.8 Å². The monoisotopic (exact) mass is 356 g/mol. The van der Waals surface area contributed by atoms with Crippen LogP contribution >= 0.6 is 23.4 Å². The number of nitrogens with zero attached hydrogens (tertiary/aromatic N) is 1. The number of amides is 1. The highest BCUT2D eigenvalue weighted by Crippen LogP contribution is 2.27. The van der Waals surface area contributed by atoms with E-state index in [4.69, 9.17) is 11.6 Å². The Bertz CT molecular complexity index is 863. The molecule has 3 nitrogen and oxygen atoms in total. The van der Waals surface area contributed by atoms with Crippen LogP contribution in [-0.4, -0.2) is 16.6 Å². The van der Waals surface area contributed by atoms with Gasteiger partial charge in [0, 0.05) is 21.5 Å². The molecule has 1 aromatic heterocycles. The molecule has 2 aromatic carbocycles. The lowest BCUT2D eigenvalue weighted by atomic mass is 10.1. The minimum absolute atomic E-state index is 0.0201. The molecule has 1 atom stereocenters. The molecule has 0 aliphatic heterocycles. The van der Waals surface area contributed by atoms with Gasteiger partial charge in [-0.1, -0.05) is 48.0 Å². The Hall–Kier alpha value is -2.04. The van der Waals surface area contributed by atoms with Crippen LogP contribution in [0.1, 0.15) is 18.5 Å². The molecule has 0 radical (unpaired) electrons. The molecule has 0 spiro atoms. The lowest BCUT2D eigenvalue weighted by molar-refractivity contribution is -0.119. The Kier molecular flexibility index (Phi) is 5.38. The van der Waals surface area contributed by atoms with Crippen LogP contribution in [-0.2, 0) is 4.79 Å². The van der Waals surface area contributed by atoms with Crippen LogP contribution < -0.4 is 5.32 Å². The molecule has 3 aromatic rings. The number of pyridine rings is 1. The van der Waals surface area contributed by atoms with Crippen molar-refractivity contribution in [3.05, 3.63) is 71.4 Å². The number of rotatable bonds is 5. The van der Waals surface area contributed by atoms with Gasteiger partial charge in [0.05, 0.1) is 17.3 Å². The summed E-state index contributed by atoms with van der Waals surface area (Å²) in [4.78, 5) is 17.7. The van der Waals surface area contributed by atoms with Crippen LogP contribution in [0.4, 0.5) is 0 Å². The molecule has 24 heavy (non-hydrogen) atoms. The first kappa shape index (κ1) is 16.8. The van der Waals surface area contributed by atoms with Crippen molar-refractivity contribution in [2.24, 2.45) is 0 Å². The van der Waals surface area contributed by atoms with Gasteiger partial charge in [-0.3, -0.25) is 9.78 Å². The van der Waals surface area contributed by atoms with Crippen LogP contribution in [0.2, 0.25) is 5.02 Å². The van der Waals surface area contributed by atoms with E-state index in [1.54, 1.807) is 6.20 Å². The van der Waals surface area contributed by atoms with Gasteiger partial charge in [0.25, 0.3) is 0 Å². The van der Waals surface area contributed by atoms with E-state index in [2.05, 4.69) is 10.3 Å². The number of halogens is 1. The van der Waals surface area contributed by atoms with Gasteiger partial charge in [0.2, 0.25) is 5.91 Å². The third-order valence-electron chi connectivity index (χ3n) is 3.72. The van der Waals surface area contributed by atoms with Crippen molar-refractivity contribution in [2.45, 2.75) is 17.9 Å². The molecule has 0 saturated heterocycles. The molecule has 1 heterocycles. The van der Waals surface area contributed by atoms with Crippen molar-refractivity contribution in [2.75, 3.05) is 5.75 Å². The number of benzene rings is 2. The second-order valence-corrected chi connectivity index (χ2v) is 6.85. The van der Waals surface area contributed by atoms with E-state index in [0.717, 1.165) is 21.4 Å². The van der Waals surface area contributed by atoms with E-state index in [9.17, 15) is 4.79 Å². The van der Waals surface area contributed by atoms with Gasteiger partial charge in [-0.15, -0.1) is 11.8 Å². The van der Waals surface area contributed by atoms with Crippen LogP contribution in [0.25, 0.3) is 10.9 Å². The summed E-state index contributed by atoms with van der Waals surface area (Å²) in [7, 11) is 0. The smallest absolute Gasteiger partial charge is 0.230 e. The van der Waals surface area contributed by atoms with E-state index in [1.807, 2.05) is 61.5 Å². The molecular weight excluding hydrogens is 340 g/mol. The first-order chi connectivity index (χ1) is 11.6. The number of aromatic nitrogens is 1. The summed E-state index contributed by atoms with van der Waals surface area (Å²) < 4.78 is 0. The fourth-order valence-electron chi connectivity index (χ4n) is 2.53. The fourth-order valence-corrected chi connectivity index (χ4v) is 3.68. The van der Waals surface area contributed by atoms with E-state index in [-0.39, 0.29) is 11.9 Å². The SMILES string of the molecule is CC(NC(=O)CSc1ccnc2ccccc12)c1ccccc1Cl. The van der Waals surface area contributed by atoms with Gasteiger partial charge in [-0.05, 0) is 30.7 Å². The Morgan fingerprint density at radius 3 is 2.75 bits per heavy atom. The summed E-state index contributed by atoms with van der Waals surface area (Å²) in [5.41, 5.74) is 1.86. The van der Waals surface area contributed by atoms with E-state index >= 15 is 0 Å². The number of para-hydroxylation sites is 1. The topological polar surface area (TPSA) is 42.0 Å². The fraction of sp³-hybridized carbons (Fsp3) is 0.158. The number of thioether (sulfide) groups is 1. The van der Waals surface area contributed by atoms with Crippen molar-refractivity contribution in [1.82, 2.24) is 10.3 Å². The van der Waals surface area contributed by atoms with Gasteiger partial charge in [0.15, 0.2) is 0 Å². The van der Waals surface area contributed by atoms with Crippen molar-refractivity contribution < 1.29 is 4.79 Å². The molecule has 0 aliphatic carbocycles. The number of carbonyl (C=O) groups excluding carboxylic acids is 1. The summed E-state index contributed by atoms with van der Waals surface area (Å²) in [5, 5.41) is 4.73. The summed E-state index contributed by atoms with van der Waals surface area (Å²) >= 11 is 7.69. The first-order valence-corrected chi connectivity index (χ1v) is 9.02. The molecule has 0 bridgehead atoms. The molecule has 1 N–H and O–H groups in total. The maximum atomic E-state index is 12.3. The molecule has 0 fully saturated rings. The van der Waals surface area contributed by atoms with Gasteiger partial charge < -0.3 is 5.32 Å². The van der Waals surface area contributed by atoms with E-state index in [0.29, 0.717) is 10.8 Å². The average Bonchev–Trinajstić information content (AvgIpc) is 2.60. The molecule has 122 valence electrons. The number of carbonyl (C=O) groups is 1. The largest absolute Gasteiger partial charge is 0.349 e. The first-order valence-electron chi connectivity index (χ1n) is 7.65. The average molecular weight is 357 g/mol. The summed E-state index contributed by atoms with van der Waals surface area (Å²) in [6.07, 6.45) is 1.77. The summed E-state index contributed by atoms with van der Waals surface area (Å²) in [6, 6.07) is 17.3. The van der Waals surface area contributed by atoms with Crippen LogP contribution in [0.15, 0.2) is 65.7 Å². The zero-order chi connectivity index (χ0) is 16.9. The van der Waals surface area contributed by atoms with Crippen LogP contribution in [0.5, 0.6) is 0 Å². The number of fused-ring (bicyclic) bond motifs is 1. The minimum atomic E-state index is -0.124. The summed E-state index contributed by atoms with van der Waals surface area (Å²) in [5.74, 6) is 0.330. The second kappa shape index (κ2) is 7.69. The zero-order valence-corrected chi connectivity index (χ0v) is 14.8.